The number of thioether (sulfide) groups is 2. The zero-order chi connectivity index (χ0) is 23.5. The molecule has 0 fully saturated rings. The molecule has 0 bridgehead atoms. The summed E-state index contributed by atoms with van der Waals surface area (Å²) in [6.07, 6.45) is 0. The highest BCUT2D eigenvalue weighted by atomic mass is 32.2. The third-order valence-electron chi connectivity index (χ3n) is 5.03. The number of ether oxygens (including phenoxy) is 1. The molecule has 0 radical (unpaired) electrons. The third kappa shape index (κ3) is 4.89. The number of anilines is 1. The molecule has 166 valence electrons. The van der Waals surface area contributed by atoms with Gasteiger partial charge in [-0.3, -0.25) is 9.59 Å². The van der Waals surface area contributed by atoms with Crippen LogP contribution in [0, 0.1) is 13.8 Å². The van der Waals surface area contributed by atoms with E-state index in [9.17, 15) is 14.4 Å². The SMILES string of the molecule is COC(=O)c1ccc(N2C(=O)C(Sc3ccc(C)cc3)=C(Sc3ccc(C)cc3)C2=O)cc1. The zero-order valence-electron chi connectivity index (χ0n) is 18.3. The molecule has 1 heterocycles. The van der Waals surface area contributed by atoms with Crippen LogP contribution in [-0.4, -0.2) is 24.9 Å². The van der Waals surface area contributed by atoms with Gasteiger partial charge in [-0.25, -0.2) is 9.69 Å². The molecule has 0 unspecified atom stereocenters. The number of rotatable bonds is 6. The van der Waals surface area contributed by atoms with Crippen molar-refractivity contribution in [2.45, 2.75) is 23.6 Å². The van der Waals surface area contributed by atoms with E-state index in [4.69, 9.17) is 4.74 Å². The second kappa shape index (κ2) is 9.68. The normalized spacial score (nSPS) is 13.6. The summed E-state index contributed by atoms with van der Waals surface area (Å²) in [4.78, 5) is 42.3. The van der Waals surface area contributed by atoms with E-state index in [2.05, 4.69) is 0 Å². The molecule has 33 heavy (non-hydrogen) atoms. The molecule has 0 spiro atoms. The van der Waals surface area contributed by atoms with Crippen LogP contribution in [0.25, 0.3) is 0 Å². The van der Waals surface area contributed by atoms with E-state index in [0.29, 0.717) is 21.1 Å². The van der Waals surface area contributed by atoms with Crippen LogP contribution < -0.4 is 4.90 Å². The number of aryl methyl sites for hydroxylation is 2. The Bertz CT molecular complexity index is 1180. The largest absolute Gasteiger partial charge is 0.465 e. The fraction of sp³-hybridized carbons (Fsp3) is 0.115. The number of carbonyl (C=O) groups is 3. The Hall–Kier alpha value is -3.29. The van der Waals surface area contributed by atoms with Gasteiger partial charge in [0.15, 0.2) is 0 Å². The molecule has 0 atom stereocenters. The van der Waals surface area contributed by atoms with Crippen LogP contribution in [0.4, 0.5) is 5.69 Å². The molecule has 4 rings (SSSR count). The van der Waals surface area contributed by atoms with Crippen LogP contribution in [0.15, 0.2) is 92.4 Å². The Morgan fingerprint density at radius 1 is 0.697 bits per heavy atom. The van der Waals surface area contributed by atoms with E-state index in [1.165, 1.54) is 30.6 Å². The smallest absolute Gasteiger partial charge is 0.337 e. The lowest BCUT2D eigenvalue weighted by atomic mass is 10.2. The lowest BCUT2D eigenvalue weighted by Gasteiger charge is -2.15. The number of imide groups is 1. The molecule has 7 heteroatoms. The maximum Gasteiger partial charge on any atom is 0.337 e. The highest BCUT2D eigenvalue weighted by Gasteiger charge is 2.40. The van der Waals surface area contributed by atoms with Crippen LogP contribution in [0.2, 0.25) is 0 Å². The van der Waals surface area contributed by atoms with Crippen molar-refractivity contribution in [2.75, 3.05) is 12.0 Å². The molecule has 1 aliphatic heterocycles. The molecule has 0 N–H and O–H groups in total. The summed E-state index contributed by atoms with van der Waals surface area (Å²) in [7, 11) is 1.30. The zero-order valence-corrected chi connectivity index (χ0v) is 20.0. The minimum Gasteiger partial charge on any atom is -0.465 e. The van der Waals surface area contributed by atoms with Crippen molar-refractivity contribution < 1.29 is 19.1 Å². The summed E-state index contributed by atoms with van der Waals surface area (Å²) in [5, 5.41) is 0. The number of hydrogen-bond donors (Lipinski definition) is 0. The van der Waals surface area contributed by atoms with Crippen LogP contribution in [0.3, 0.4) is 0 Å². The quantitative estimate of drug-likeness (QED) is 0.334. The summed E-state index contributed by atoms with van der Waals surface area (Å²) in [5.41, 5.74) is 2.98. The van der Waals surface area contributed by atoms with Gasteiger partial charge >= 0.3 is 5.97 Å². The maximum absolute atomic E-state index is 13.4. The number of hydrogen-bond acceptors (Lipinski definition) is 6. The first-order chi connectivity index (χ1) is 15.9. The molecule has 2 amide bonds. The number of methoxy groups -OCH3 is 1. The van der Waals surface area contributed by atoms with E-state index in [1.807, 2.05) is 62.4 Å². The van der Waals surface area contributed by atoms with Gasteiger partial charge in [-0.05, 0) is 62.4 Å². The molecule has 3 aromatic carbocycles. The number of esters is 1. The lowest BCUT2D eigenvalue weighted by molar-refractivity contribution is -0.120. The summed E-state index contributed by atoms with van der Waals surface area (Å²) < 4.78 is 4.73. The third-order valence-corrected chi connectivity index (χ3v) is 7.34. The monoisotopic (exact) mass is 475 g/mol. The lowest BCUT2D eigenvalue weighted by Crippen LogP contribution is -2.31. The standard InChI is InChI=1S/C26H21NO4S2/c1-16-4-12-20(13-5-16)32-22-23(33-21-14-6-17(2)7-15-21)25(29)27(24(22)28)19-10-8-18(9-11-19)26(30)31-3/h4-15H,1-3H3. The molecular formula is C26H21NO4S2. The van der Waals surface area contributed by atoms with Crippen molar-refractivity contribution in [2.24, 2.45) is 0 Å². The predicted octanol–water partition coefficient (Wildman–Crippen LogP) is 5.76. The summed E-state index contributed by atoms with van der Waals surface area (Å²) in [6.45, 7) is 3.99. The highest BCUT2D eigenvalue weighted by molar-refractivity contribution is 8.08. The molecule has 0 saturated heterocycles. The summed E-state index contributed by atoms with van der Waals surface area (Å²) in [6, 6.07) is 21.9. The van der Waals surface area contributed by atoms with Gasteiger partial charge < -0.3 is 4.74 Å². The summed E-state index contributed by atoms with van der Waals surface area (Å²) >= 11 is 2.57. The topological polar surface area (TPSA) is 63.7 Å². The molecule has 0 saturated carbocycles. The van der Waals surface area contributed by atoms with Gasteiger partial charge in [0.25, 0.3) is 11.8 Å². The Morgan fingerprint density at radius 3 is 1.52 bits per heavy atom. The van der Waals surface area contributed by atoms with E-state index in [0.717, 1.165) is 25.8 Å². The van der Waals surface area contributed by atoms with Crippen molar-refractivity contribution in [1.29, 1.82) is 0 Å². The molecule has 0 aromatic heterocycles. The van der Waals surface area contributed by atoms with Crippen LogP contribution in [-0.2, 0) is 14.3 Å². The number of amides is 2. The first kappa shape index (κ1) is 22.9. The van der Waals surface area contributed by atoms with Gasteiger partial charge in [0.2, 0.25) is 0 Å². The number of nitrogens with zero attached hydrogens (tertiary/aromatic N) is 1. The molecule has 1 aliphatic rings. The Morgan fingerprint density at radius 2 is 1.12 bits per heavy atom. The van der Waals surface area contributed by atoms with E-state index in [1.54, 1.807) is 24.3 Å². The fourth-order valence-corrected chi connectivity index (χ4v) is 5.20. The molecular weight excluding hydrogens is 454 g/mol. The van der Waals surface area contributed by atoms with Gasteiger partial charge in [0.05, 0.1) is 28.2 Å². The number of benzene rings is 3. The Kier molecular flexibility index (Phi) is 6.72. The minimum absolute atomic E-state index is 0.344. The van der Waals surface area contributed by atoms with Crippen molar-refractivity contribution in [1.82, 2.24) is 0 Å². The van der Waals surface area contributed by atoms with Crippen molar-refractivity contribution in [3.63, 3.8) is 0 Å². The first-order valence-electron chi connectivity index (χ1n) is 10.2. The minimum atomic E-state index is -0.481. The number of carbonyl (C=O) groups excluding carboxylic acids is 3. The second-order valence-electron chi connectivity index (χ2n) is 7.47. The second-order valence-corrected chi connectivity index (χ2v) is 9.64. The van der Waals surface area contributed by atoms with Gasteiger partial charge in [-0.1, -0.05) is 58.9 Å². The fourth-order valence-electron chi connectivity index (χ4n) is 3.22. The molecule has 0 aliphatic carbocycles. The van der Waals surface area contributed by atoms with Gasteiger partial charge in [0.1, 0.15) is 0 Å². The summed E-state index contributed by atoms with van der Waals surface area (Å²) in [5.74, 6) is -1.25. The van der Waals surface area contributed by atoms with Crippen LogP contribution in [0.1, 0.15) is 21.5 Å². The van der Waals surface area contributed by atoms with E-state index < -0.39 is 5.97 Å². The van der Waals surface area contributed by atoms with Gasteiger partial charge in [-0.2, -0.15) is 0 Å². The van der Waals surface area contributed by atoms with Crippen molar-refractivity contribution >= 4 is 47.0 Å². The van der Waals surface area contributed by atoms with E-state index >= 15 is 0 Å². The predicted molar refractivity (Wildman–Crippen MR) is 131 cm³/mol. The van der Waals surface area contributed by atoms with Crippen molar-refractivity contribution in [3.8, 4) is 0 Å². The van der Waals surface area contributed by atoms with Crippen molar-refractivity contribution in [3.05, 3.63) is 99.3 Å². The van der Waals surface area contributed by atoms with Gasteiger partial charge in [-0.15, -0.1) is 0 Å². The van der Waals surface area contributed by atoms with E-state index in [-0.39, 0.29) is 11.8 Å². The Labute approximate surface area is 200 Å². The molecule has 3 aromatic rings. The van der Waals surface area contributed by atoms with Crippen LogP contribution in [0.5, 0.6) is 0 Å². The highest BCUT2D eigenvalue weighted by Crippen LogP contribution is 2.44. The average Bonchev–Trinajstić information content (AvgIpc) is 3.05. The van der Waals surface area contributed by atoms with Crippen LogP contribution >= 0.6 is 23.5 Å². The first-order valence-corrected chi connectivity index (χ1v) is 11.8. The average molecular weight is 476 g/mol. The van der Waals surface area contributed by atoms with Gasteiger partial charge in [0, 0.05) is 9.79 Å². The Balaban J connectivity index is 1.70. The maximum atomic E-state index is 13.4. The molecule has 5 nitrogen and oxygen atoms in total.